The van der Waals surface area contributed by atoms with Gasteiger partial charge in [0.05, 0.1) is 18.3 Å². The molecule has 1 amide bonds. The fourth-order valence-electron chi connectivity index (χ4n) is 4.75. The lowest BCUT2D eigenvalue weighted by Gasteiger charge is -2.22. The van der Waals surface area contributed by atoms with E-state index in [1.54, 1.807) is 6.20 Å². The quantitative estimate of drug-likeness (QED) is 0.246. The predicted octanol–water partition coefficient (Wildman–Crippen LogP) is 5.62. The number of carbonyl (C=O) groups excluding carboxylic acids is 1. The normalized spacial score (nSPS) is 15.2. The Morgan fingerprint density at radius 3 is 2.73 bits per heavy atom. The molecule has 10 nitrogen and oxygen atoms in total. The van der Waals surface area contributed by atoms with Gasteiger partial charge in [0.2, 0.25) is 0 Å². The lowest BCUT2D eigenvalue weighted by atomic mass is 10.2. The van der Waals surface area contributed by atoms with Crippen LogP contribution in [0.5, 0.6) is 5.75 Å². The van der Waals surface area contributed by atoms with Gasteiger partial charge in [-0.15, -0.1) is 0 Å². The summed E-state index contributed by atoms with van der Waals surface area (Å²) in [6.45, 7) is 1.81. The monoisotopic (exact) mass is 536 g/mol. The standard InChI is InChI=1S/C30H28N6O4/c31-30(37)40-28-7-4-14-36(28)17-23-12-13-27(39-23)25-15-24-26(16-32-25)33-19-34-29(24)35-21-8-10-22(11-9-21)38-18-20-5-2-1-3-6-20/h1-3,5-6,8-13,15-16,19,28H,4,7,14,17-18H2,(H2,31,37)(H,33,34,35)/t28-/m0/s1. The molecule has 5 aromatic rings. The van der Waals surface area contributed by atoms with Gasteiger partial charge in [0.1, 0.15) is 36.0 Å². The van der Waals surface area contributed by atoms with Crippen molar-refractivity contribution in [2.45, 2.75) is 32.2 Å². The summed E-state index contributed by atoms with van der Waals surface area (Å²) in [7, 11) is 0. The van der Waals surface area contributed by atoms with Gasteiger partial charge in [-0.1, -0.05) is 30.3 Å². The van der Waals surface area contributed by atoms with Crippen LogP contribution in [-0.4, -0.2) is 38.7 Å². The van der Waals surface area contributed by atoms with Crippen molar-refractivity contribution in [2.24, 2.45) is 5.73 Å². The van der Waals surface area contributed by atoms with Crippen molar-refractivity contribution >= 4 is 28.5 Å². The van der Waals surface area contributed by atoms with Crippen molar-refractivity contribution in [3.05, 3.63) is 96.6 Å². The summed E-state index contributed by atoms with van der Waals surface area (Å²) < 4.78 is 17.2. The Balaban J connectivity index is 1.16. The molecule has 40 heavy (non-hydrogen) atoms. The molecule has 1 aliphatic rings. The molecule has 2 aromatic carbocycles. The second-order valence-electron chi connectivity index (χ2n) is 9.50. The molecule has 1 saturated heterocycles. The van der Waals surface area contributed by atoms with Crippen LogP contribution >= 0.6 is 0 Å². The highest BCUT2D eigenvalue weighted by Crippen LogP contribution is 2.30. The number of rotatable bonds is 9. The highest BCUT2D eigenvalue weighted by atomic mass is 16.6. The van der Waals surface area contributed by atoms with Crippen LogP contribution in [0.1, 0.15) is 24.2 Å². The first-order chi connectivity index (χ1) is 19.6. The maximum absolute atomic E-state index is 11.2. The molecule has 0 aliphatic carbocycles. The highest BCUT2D eigenvalue weighted by Gasteiger charge is 2.28. The molecule has 0 saturated carbocycles. The zero-order valence-electron chi connectivity index (χ0n) is 21.7. The number of nitrogens with two attached hydrogens (primary N) is 1. The van der Waals surface area contributed by atoms with Gasteiger partial charge in [0.15, 0.2) is 12.0 Å². The van der Waals surface area contributed by atoms with Gasteiger partial charge in [-0.05, 0) is 60.9 Å². The molecule has 1 fully saturated rings. The summed E-state index contributed by atoms with van der Waals surface area (Å²) in [5.41, 5.74) is 8.56. The van der Waals surface area contributed by atoms with Crippen LogP contribution in [0.25, 0.3) is 22.4 Å². The average Bonchev–Trinajstić information content (AvgIpc) is 3.63. The SMILES string of the molecule is NC(=O)O[C@H]1CCCN1Cc1ccc(-c2cc3c(Nc4ccc(OCc5ccccc5)cc4)ncnc3cn2)o1. The Morgan fingerprint density at radius 1 is 1.05 bits per heavy atom. The second-order valence-corrected chi connectivity index (χ2v) is 9.50. The number of nitrogens with one attached hydrogen (secondary N) is 1. The molecular weight excluding hydrogens is 508 g/mol. The van der Waals surface area contributed by atoms with E-state index in [1.165, 1.54) is 6.33 Å². The van der Waals surface area contributed by atoms with E-state index >= 15 is 0 Å². The molecule has 3 N–H and O–H groups in total. The van der Waals surface area contributed by atoms with E-state index in [-0.39, 0.29) is 6.23 Å². The van der Waals surface area contributed by atoms with Crippen molar-refractivity contribution in [1.29, 1.82) is 0 Å². The van der Waals surface area contributed by atoms with Crippen LogP contribution in [0, 0.1) is 0 Å². The maximum Gasteiger partial charge on any atom is 0.406 e. The molecule has 3 aromatic heterocycles. The molecule has 1 atom stereocenters. The third kappa shape index (κ3) is 5.87. The number of benzene rings is 2. The number of pyridine rings is 1. The van der Waals surface area contributed by atoms with E-state index in [0.717, 1.165) is 47.5 Å². The van der Waals surface area contributed by atoms with Gasteiger partial charge in [0, 0.05) is 17.6 Å². The molecule has 0 bridgehead atoms. The summed E-state index contributed by atoms with van der Waals surface area (Å²) >= 11 is 0. The number of fused-ring (bicyclic) bond motifs is 1. The summed E-state index contributed by atoms with van der Waals surface area (Å²) in [5.74, 6) is 2.80. The van der Waals surface area contributed by atoms with Gasteiger partial charge in [0.25, 0.3) is 0 Å². The van der Waals surface area contributed by atoms with Crippen LogP contribution in [-0.2, 0) is 17.9 Å². The zero-order valence-corrected chi connectivity index (χ0v) is 21.7. The van der Waals surface area contributed by atoms with Crippen LogP contribution < -0.4 is 15.8 Å². The minimum atomic E-state index is -0.767. The Hall–Kier alpha value is -4.96. The van der Waals surface area contributed by atoms with E-state index in [9.17, 15) is 4.79 Å². The Morgan fingerprint density at radius 2 is 1.90 bits per heavy atom. The van der Waals surface area contributed by atoms with E-state index in [4.69, 9.17) is 19.6 Å². The molecule has 202 valence electrons. The lowest BCUT2D eigenvalue weighted by Crippen LogP contribution is -2.34. The average molecular weight is 537 g/mol. The predicted molar refractivity (Wildman–Crippen MR) is 150 cm³/mol. The van der Waals surface area contributed by atoms with E-state index in [1.807, 2.05) is 77.7 Å². The molecule has 1 aliphatic heterocycles. The van der Waals surface area contributed by atoms with Crippen LogP contribution in [0.3, 0.4) is 0 Å². The van der Waals surface area contributed by atoms with E-state index < -0.39 is 6.09 Å². The summed E-state index contributed by atoms with van der Waals surface area (Å²) in [4.78, 5) is 26.6. The largest absolute Gasteiger partial charge is 0.489 e. The fourth-order valence-corrected chi connectivity index (χ4v) is 4.75. The number of anilines is 2. The van der Waals surface area contributed by atoms with E-state index in [2.05, 4.69) is 20.3 Å². The third-order valence-corrected chi connectivity index (χ3v) is 6.72. The van der Waals surface area contributed by atoms with Crippen molar-refractivity contribution < 1.29 is 18.7 Å². The molecular formula is C30H28N6O4. The molecule has 0 radical (unpaired) electrons. The van der Waals surface area contributed by atoms with Gasteiger partial charge >= 0.3 is 6.09 Å². The number of aromatic nitrogens is 3. The van der Waals surface area contributed by atoms with Gasteiger partial charge in [-0.2, -0.15) is 0 Å². The Bertz CT molecular complexity index is 1610. The van der Waals surface area contributed by atoms with E-state index in [0.29, 0.717) is 35.9 Å². The zero-order chi connectivity index (χ0) is 27.3. The highest BCUT2D eigenvalue weighted by molar-refractivity contribution is 5.92. The Labute approximate surface area is 230 Å². The van der Waals surface area contributed by atoms with Crippen molar-refractivity contribution in [1.82, 2.24) is 19.9 Å². The Kier molecular flexibility index (Phi) is 7.23. The number of hydrogen-bond acceptors (Lipinski definition) is 9. The van der Waals surface area contributed by atoms with Gasteiger partial charge < -0.3 is 24.9 Å². The lowest BCUT2D eigenvalue weighted by molar-refractivity contribution is 0.0108. The summed E-state index contributed by atoms with van der Waals surface area (Å²) in [6.07, 6.45) is 3.79. The van der Waals surface area contributed by atoms with Crippen molar-refractivity contribution in [3.8, 4) is 17.2 Å². The first kappa shape index (κ1) is 25.3. The first-order valence-corrected chi connectivity index (χ1v) is 13.0. The molecule has 0 spiro atoms. The van der Waals surface area contributed by atoms with Gasteiger partial charge in [-0.3, -0.25) is 9.88 Å². The maximum atomic E-state index is 11.2. The minimum absolute atomic E-state index is 0.333. The number of ether oxygens (including phenoxy) is 2. The second kappa shape index (κ2) is 11.4. The summed E-state index contributed by atoms with van der Waals surface area (Å²) in [5, 5.41) is 4.19. The topological polar surface area (TPSA) is 129 Å². The minimum Gasteiger partial charge on any atom is -0.489 e. The number of amides is 1. The molecule has 6 rings (SSSR count). The number of furan rings is 1. The number of carbonyl (C=O) groups is 1. The van der Waals surface area contributed by atoms with Gasteiger partial charge in [-0.25, -0.2) is 14.8 Å². The van der Waals surface area contributed by atoms with Crippen molar-refractivity contribution in [2.75, 3.05) is 11.9 Å². The molecule has 10 heteroatoms. The number of likely N-dealkylation sites (tertiary alicyclic amines) is 1. The van der Waals surface area contributed by atoms with Crippen LogP contribution in [0.15, 0.2) is 89.7 Å². The third-order valence-electron chi connectivity index (χ3n) is 6.72. The smallest absolute Gasteiger partial charge is 0.406 e. The van der Waals surface area contributed by atoms with Crippen LogP contribution in [0.4, 0.5) is 16.3 Å². The number of nitrogens with zero attached hydrogens (tertiary/aromatic N) is 4. The molecule has 0 unspecified atom stereocenters. The number of hydrogen-bond donors (Lipinski definition) is 2. The van der Waals surface area contributed by atoms with Crippen LogP contribution in [0.2, 0.25) is 0 Å². The summed E-state index contributed by atoms with van der Waals surface area (Å²) in [6, 6.07) is 23.5. The number of primary amides is 1. The van der Waals surface area contributed by atoms with Crippen molar-refractivity contribution in [3.63, 3.8) is 0 Å². The fraction of sp³-hybridized carbons (Fsp3) is 0.200. The first-order valence-electron chi connectivity index (χ1n) is 13.0. The molecule has 4 heterocycles.